The van der Waals surface area contributed by atoms with Crippen molar-refractivity contribution in [2.45, 2.75) is 37.0 Å². The van der Waals surface area contributed by atoms with Gasteiger partial charge < -0.3 is 4.74 Å². The number of nitrogens with zero attached hydrogens (tertiary/aromatic N) is 1. The predicted octanol–water partition coefficient (Wildman–Crippen LogP) is 1.72. The van der Waals surface area contributed by atoms with Gasteiger partial charge in [-0.3, -0.25) is 10.0 Å². The Labute approximate surface area is 159 Å². The Balaban J connectivity index is 3.08. The molecule has 0 spiro atoms. The minimum Gasteiger partial charge on any atom is -0.481 e. The number of carbonyl (C=O) groups excluding carboxylic acids is 1. The van der Waals surface area contributed by atoms with Crippen LogP contribution in [0.3, 0.4) is 0 Å². The summed E-state index contributed by atoms with van der Waals surface area (Å²) in [5.74, 6) is 5.87. The van der Waals surface area contributed by atoms with Gasteiger partial charge in [0.2, 0.25) is 10.0 Å². The normalized spacial score (nSPS) is 13.5. The molecule has 0 fully saturated rings. The number of thioether (sulfide) groups is 1. The molecule has 2 N–H and O–H groups in total. The van der Waals surface area contributed by atoms with Crippen LogP contribution in [-0.2, 0) is 14.8 Å². The van der Waals surface area contributed by atoms with Crippen molar-refractivity contribution in [2.75, 3.05) is 19.4 Å². The third-order valence-electron chi connectivity index (χ3n) is 3.63. The first kappa shape index (κ1) is 22.3. The third kappa shape index (κ3) is 5.64. The van der Waals surface area contributed by atoms with Crippen molar-refractivity contribution in [1.82, 2.24) is 9.79 Å². The molecule has 1 rings (SSSR count). The van der Waals surface area contributed by atoms with E-state index in [0.717, 1.165) is 4.31 Å². The van der Waals surface area contributed by atoms with Crippen molar-refractivity contribution < 1.29 is 23.2 Å². The molecule has 2 atom stereocenters. The Morgan fingerprint density at radius 3 is 2.50 bits per heavy atom. The fourth-order valence-electron chi connectivity index (χ4n) is 2.31. The van der Waals surface area contributed by atoms with Crippen molar-refractivity contribution in [3.05, 3.63) is 24.3 Å². The van der Waals surface area contributed by atoms with E-state index in [1.54, 1.807) is 19.3 Å². The Bertz CT molecular complexity index is 754. The zero-order valence-electron chi connectivity index (χ0n) is 15.2. The van der Waals surface area contributed by atoms with E-state index in [1.807, 2.05) is 6.92 Å². The molecule has 0 saturated heterocycles. The van der Waals surface area contributed by atoms with Gasteiger partial charge in [0.15, 0.2) is 0 Å². The summed E-state index contributed by atoms with van der Waals surface area (Å²) in [6.07, 6.45) is 0. The lowest BCUT2D eigenvalue weighted by molar-refractivity contribution is -0.132. The number of ether oxygens (including phenoxy) is 1. The largest absolute Gasteiger partial charge is 0.481 e. The molecule has 1 amide bonds. The molecule has 0 radical (unpaired) electrons. The molecule has 0 aliphatic rings. The monoisotopic (exact) mass is 400 g/mol. The van der Waals surface area contributed by atoms with Gasteiger partial charge in [-0.05, 0) is 36.9 Å². The smallest absolute Gasteiger partial charge is 0.262 e. The second-order valence-corrected chi connectivity index (χ2v) is 8.94. The van der Waals surface area contributed by atoms with Gasteiger partial charge >= 0.3 is 0 Å². The van der Waals surface area contributed by atoms with Gasteiger partial charge in [-0.2, -0.15) is 16.1 Å². The summed E-state index contributed by atoms with van der Waals surface area (Å²) in [4.78, 5) is 12.1. The van der Waals surface area contributed by atoms with Gasteiger partial charge in [-0.25, -0.2) is 13.9 Å². The van der Waals surface area contributed by atoms with Crippen molar-refractivity contribution >= 4 is 27.7 Å². The Hall–Kier alpha value is -1.73. The first-order valence-corrected chi connectivity index (χ1v) is 10.4. The fraction of sp³-hybridized carbons (Fsp3) is 0.471. The summed E-state index contributed by atoms with van der Waals surface area (Å²) in [6, 6.07) is 4.83. The highest BCUT2D eigenvalue weighted by atomic mass is 32.2. The van der Waals surface area contributed by atoms with Gasteiger partial charge in [-0.1, -0.05) is 19.8 Å². The number of benzene rings is 1. The highest BCUT2D eigenvalue weighted by Crippen LogP contribution is 2.25. The van der Waals surface area contributed by atoms with Crippen LogP contribution in [0.25, 0.3) is 0 Å². The van der Waals surface area contributed by atoms with Crippen LogP contribution in [0.1, 0.15) is 20.8 Å². The topological polar surface area (TPSA) is 95.9 Å². The lowest BCUT2D eigenvalue weighted by atomic mass is 10.2. The second kappa shape index (κ2) is 10.4. The van der Waals surface area contributed by atoms with Crippen LogP contribution in [0.5, 0.6) is 5.75 Å². The Morgan fingerprint density at radius 2 is 2.00 bits per heavy atom. The standard InChI is InChI=1S/C17H24N2O5S2/c1-5-7-12-24-14-8-10-15(11-9-14)26(22,23)19(4)16(17(20)18-21)13(3)25-6-2/h8-11,13,16,21H,6,12H2,1-4H3,(H,18,20). The fourth-order valence-corrected chi connectivity index (χ4v) is 4.79. The Kier molecular flexibility index (Phi) is 8.95. The van der Waals surface area contributed by atoms with Crippen LogP contribution < -0.4 is 10.2 Å². The minimum atomic E-state index is -3.93. The van der Waals surface area contributed by atoms with Crippen molar-refractivity contribution in [3.63, 3.8) is 0 Å². The van der Waals surface area contributed by atoms with E-state index in [0.29, 0.717) is 11.5 Å². The average Bonchev–Trinajstić information content (AvgIpc) is 2.62. The number of rotatable bonds is 9. The summed E-state index contributed by atoms with van der Waals surface area (Å²) in [6.45, 7) is 5.57. The van der Waals surface area contributed by atoms with E-state index < -0.39 is 22.0 Å². The summed E-state index contributed by atoms with van der Waals surface area (Å²) in [5.41, 5.74) is 1.56. The molecule has 0 saturated carbocycles. The average molecular weight is 401 g/mol. The second-order valence-electron chi connectivity index (χ2n) is 5.29. The molecule has 0 aliphatic heterocycles. The number of likely N-dealkylation sites (N-methyl/N-ethyl adjacent to an activating group) is 1. The van der Waals surface area contributed by atoms with E-state index in [-0.39, 0.29) is 16.8 Å². The lowest BCUT2D eigenvalue weighted by Crippen LogP contribution is -2.51. The number of hydroxylamine groups is 1. The quantitative estimate of drug-likeness (QED) is 0.372. The molecule has 1 aromatic rings. The lowest BCUT2D eigenvalue weighted by Gasteiger charge is -2.29. The van der Waals surface area contributed by atoms with Crippen LogP contribution >= 0.6 is 11.8 Å². The van der Waals surface area contributed by atoms with Crippen molar-refractivity contribution in [1.29, 1.82) is 0 Å². The molecule has 9 heteroatoms. The SMILES string of the molecule is CC#CCOc1ccc(S(=O)(=O)N(C)C(C(=O)NO)C(C)SCC)cc1. The number of hydrogen-bond donors (Lipinski definition) is 2. The zero-order valence-corrected chi connectivity index (χ0v) is 16.9. The maximum atomic E-state index is 12.9. The van der Waals surface area contributed by atoms with Crippen LogP contribution in [-0.4, -0.2) is 54.5 Å². The van der Waals surface area contributed by atoms with Crippen molar-refractivity contribution in [2.24, 2.45) is 0 Å². The molecule has 1 aromatic carbocycles. The molecule has 0 aliphatic carbocycles. The van der Waals surface area contributed by atoms with Gasteiger partial charge in [0.05, 0.1) is 4.90 Å². The van der Waals surface area contributed by atoms with Crippen molar-refractivity contribution in [3.8, 4) is 17.6 Å². The van der Waals surface area contributed by atoms with Gasteiger partial charge in [-0.15, -0.1) is 5.92 Å². The van der Waals surface area contributed by atoms with Crippen LogP contribution in [0.4, 0.5) is 0 Å². The van der Waals surface area contributed by atoms with E-state index in [1.165, 1.54) is 43.1 Å². The third-order valence-corrected chi connectivity index (χ3v) is 6.60. The molecule has 0 bridgehead atoms. The van der Waals surface area contributed by atoms with Gasteiger partial charge in [0.25, 0.3) is 5.91 Å². The minimum absolute atomic E-state index is 0.0263. The maximum Gasteiger partial charge on any atom is 0.262 e. The molecule has 26 heavy (non-hydrogen) atoms. The van der Waals surface area contributed by atoms with E-state index >= 15 is 0 Å². The summed E-state index contributed by atoms with van der Waals surface area (Å²) in [7, 11) is -2.61. The summed E-state index contributed by atoms with van der Waals surface area (Å²) in [5, 5.41) is 8.64. The number of amides is 1. The molecule has 7 nitrogen and oxygen atoms in total. The maximum absolute atomic E-state index is 12.9. The molecule has 144 valence electrons. The molecule has 0 heterocycles. The van der Waals surface area contributed by atoms with Gasteiger partial charge in [0, 0.05) is 12.3 Å². The number of sulfonamides is 1. The summed E-state index contributed by atoms with van der Waals surface area (Å²) >= 11 is 1.43. The van der Waals surface area contributed by atoms with E-state index in [4.69, 9.17) is 9.94 Å². The zero-order chi connectivity index (χ0) is 19.7. The van der Waals surface area contributed by atoms with Crippen LogP contribution in [0.2, 0.25) is 0 Å². The molecule has 2 unspecified atom stereocenters. The molecular formula is C17H24N2O5S2. The molecule has 0 aromatic heterocycles. The first-order chi connectivity index (χ1) is 12.3. The predicted molar refractivity (Wildman–Crippen MR) is 102 cm³/mol. The highest BCUT2D eigenvalue weighted by molar-refractivity contribution is 8.00. The van der Waals surface area contributed by atoms with Crippen LogP contribution in [0, 0.1) is 11.8 Å². The number of nitrogens with one attached hydrogen (secondary N) is 1. The van der Waals surface area contributed by atoms with Gasteiger partial charge in [0.1, 0.15) is 18.4 Å². The number of carbonyl (C=O) groups is 1. The first-order valence-electron chi connectivity index (χ1n) is 7.95. The van der Waals surface area contributed by atoms with Crippen LogP contribution in [0.15, 0.2) is 29.2 Å². The van der Waals surface area contributed by atoms with E-state index in [9.17, 15) is 13.2 Å². The number of hydrogen-bond acceptors (Lipinski definition) is 6. The Morgan fingerprint density at radius 1 is 1.38 bits per heavy atom. The summed E-state index contributed by atoms with van der Waals surface area (Å²) < 4.78 is 32.1. The highest BCUT2D eigenvalue weighted by Gasteiger charge is 2.36. The molecular weight excluding hydrogens is 376 g/mol. The van der Waals surface area contributed by atoms with E-state index in [2.05, 4.69) is 11.8 Å².